The molecule has 0 radical (unpaired) electrons. The maximum Gasteiger partial charge on any atom is 0.264 e. The normalized spacial score (nSPS) is 11.8. The molecule has 0 spiro atoms. The first-order valence-corrected chi connectivity index (χ1v) is 11.5. The summed E-state index contributed by atoms with van der Waals surface area (Å²) in [6, 6.07) is 9.62. The number of pyridine rings is 1. The number of nitrogens with one attached hydrogen (secondary N) is 2. The van der Waals surface area contributed by atoms with Crippen molar-refractivity contribution in [1.29, 1.82) is 0 Å². The average molecular weight is 454 g/mol. The molecule has 0 fully saturated rings. The summed E-state index contributed by atoms with van der Waals surface area (Å²) in [5.41, 5.74) is 1.40. The van der Waals surface area contributed by atoms with E-state index < -0.39 is 20.0 Å². The number of hydrogen-bond acceptors (Lipinski definition) is 7. The van der Waals surface area contributed by atoms with E-state index in [1.807, 2.05) is 0 Å². The lowest BCUT2D eigenvalue weighted by Gasteiger charge is -2.11. The van der Waals surface area contributed by atoms with Crippen molar-refractivity contribution in [2.75, 3.05) is 9.44 Å². The van der Waals surface area contributed by atoms with Crippen LogP contribution in [-0.4, -0.2) is 31.8 Å². The van der Waals surface area contributed by atoms with E-state index in [4.69, 9.17) is 11.6 Å². The topological polar surface area (TPSA) is 131 Å². The van der Waals surface area contributed by atoms with Gasteiger partial charge in [0.2, 0.25) is 5.95 Å². The van der Waals surface area contributed by atoms with Crippen molar-refractivity contribution in [3.05, 3.63) is 65.2 Å². The van der Waals surface area contributed by atoms with Crippen LogP contribution in [-0.2, 0) is 20.0 Å². The van der Waals surface area contributed by atoms with Crippen LogP contribution in [0, 0.1) is 13.8 Å². The SMILES string of the molecule is Cc1cc(C)nc(NS(=O)(=O)c2ccc(NS(=O)(=O)c3cccnc3Cl)cc2)n1. The van der Waals surface area contributed by atoms with Crippen LogP contribution in [0.3, 0.4) is 0 Å². The Morgan fingerprint density at radius 3 is 2.07 bits per heavy atom. The highest BCUT2D eigenvalue weighted by Crippen LogP contribution is 2.23. The standard InChI is InChI=1S/C17H16ClN5O4S2/c1-11-10-12(2)21-17(20-11)23-28(24,25)14-7-5-13(6-8-14)22-29(26,27)15-4-3-9-19-16(15)18/h3-10,22H,1-2H3,(H,20,21,23). The number of aromatic nitrogens is 3. The van der Waals surface area contributed by atoms with Gasteiger partial charge in [-0.05, 0) is 56.3 Å². The molecule has 1 aromatic carbocycles. The molecule has 2 N–H and O–H groups in total. The summed E-state index contributed by atoms with van der Waals surface area (Å²) in [6.45, 7) is 3.45. The van der Waals surface area contributed by atoms with Gasteiger partial charge in [-0.25, -0.2) is 36.5 Å². The van der Waals surface area contributed by atoms with Gasteiger partial charge < -0.3 is 0 Å². The lowest BCUT2D eigenvalue weighted by molar-refractivity contribution is 0.599. The number of sulfonamides is 2. The molecular weight excluding hydrogens is 438 g/mol. The van der Waals surface area contributed by atoms with Crippen LogP contribution >= 0.6 is 11.6 Å². The Morgan fingerprint density at radius 1 is 0.862 bits per heavy atom. The summed E-state index contributed by atoms with van der Waals surface area (Å²) >= 11 is 5.83. The van der Waals surface area contributed by atoms with Gasteiger partial charge >= 0.3 is 0 Å². The third kappa shape index (κ3) is 5.00. The van der Waals surface area contributed by atoms with E-state index in [1.54, 1.807) is 19.9 Å². The summed E-state index contributed by atoms with van der Waals surface area (Å²) < 4.78 is 54.5. The zero-order valence-electron chi connectivity index (χ0n) is 15.3. The summed E-state index contributed by atoms with van der Waals surface area (Å²) in [5.74, 6) is -0.0431. The molecule has 0 bridgehead atoms. The van der Waals surface area contributed by atoms with Gasteiger partial charge in [-0.2, -0.15) is 0 Å². The molecule has 3 rings (SSSR count). The zero-order valence-corrected chi connectivity index (χ0v) is 17.7. The van der Waals surface area contributed by atoms with E-state index >= 15 is 0 Å². The van der Waals surface area contributed by atoms with Crippen molar-refractivity contribution in [2.24, 2.45) is 0 Å². The lowest BCUT2D eigenvalue weighted by atomic mass is 10.3. The van der Waals surface area contributed by atoms with Crippen LogP contribution in [0.4, 0.5) is 11.6 Å². The fourth-order valence-electron chi connectivity index (χ4n) is 2.43. The number of rotatable bonds is 6. The highest BCUT2D eigenvalue weighted by Gasteiger charge is 2.20. The molecule has 0 amide bonds. The second-order valence-corrected chi connectivity index (χ2v) is 9.69. The number of halogens is 1. The van der Waals surface area contributed by atoms with Crippen molar-refractivity contribution in [3.63, 3.8) is 0 Å². The van der Waals surface area contributed by atoms with Gasteiger partial charge in [0.05, 0.1) is 4.90 Å². The van der Waals surface area contributed by atoms with E-state index in [2.05, 4.69) is 24.4 Å². The Hall–Kier alpha value is -2.76. The molecule has 3 aromatic rings. The van der Waals surface area contributed by atoms with E-state index in [1.165, 1.54) is 42.6 Å². The Labute approximate surface area is 173 Å². The molecule has 0 aliphatic rings. The van der Waals surface area contributed by atoms with E-state index in [-0.39, 0.29) is 26.6 Å². The summed E-state index contributed by atoms with van der Waals surface area (Å²) in [6.07, 6.45) is 1.37. The maximum atomic E-state index is 12.5. The Bertz CT molecular complexity index is 1240. The zero-order chi connectivity index (χ0) is 21.2. The lowest BCUT2D eigenvalue weighted by Crippen LogP contribution is -2.16. The van der Waals surface area contributed by atoms with Gasteiger partial charge in [-0.1, -0.05) is 11.6 Å². The molecule has 0 unspecified atom stereocenters. The molecule has 0 saturated carbocycles. The summed E-state index contributed by atoms with van der Waals surface area (Å²) in [4.78, 5) is 11.5. The number of anilines is 2. The van der Waals surface area contributed by atoms with E-state index in [0.29, 0.717) is 11.4 Å². The largest absolute Gasteiger partial charge is 0.280 e. The van der Waals surface area contributed by atoms with Gasteiger partial charge in [-0.15, -0.1) is 0 Å². The first kappa shape index (κ1) is 21.0. The van der Waals surface area contributed by atoms with Crippen molar-refractivity contribution in [1.82, 2.24) is 15.0 Å². The Balaban J connectivity index is 1.81. The fraction of sp³-hybridized carbons (Fsp3) is 0.118. The number of nitrogens with zero attached hydrogens (tertiary/aromatic N) is 3. The van der Waals surface area contributed by atoms with Crippen LogP contribution in [0.2, 0.25) is 5.15 Å². The molecule has 12 heteroatoms. The van der Waals surface area contributed by atoms with Gasteiger partial charge in [-0.3, -0.25) is 4.72 Å². The molecule has 0 saturated heterocycles. The van der Waals surface area contributed by atoms with Gasteiger partial charge in [0, 0.05) is 23.3 Å². The number of aryl methyl sites for hydroxylation is 2. The molecule has 29 heavy (non-hydrogen) atoms. The van der Waals surface area contributed by atoms with Crippen molar-refractivity contribution in [2.45, 2.75) is 23.6 Å². The predicted octanol–water partition coefficient (Wildman–Crippen LogP) is 2.74. The van der Waals surface area contributed by atoms with Crippen molar-refractivity contribution in [3.8, 4) is 0 Å². The van der Waals surface area contributed by atoms with Crippen molar-refractivity contribution >= 4 is 43.3 Å². The van der Waals surface area contributed by atoms with Gasteiger partial charge in [0.25, 0.3) is 20.0 Å². The minimum Gasteiger partial charge on any atom is -0.280 e. The van der Waals surface area contributed by atoms with Crippen molar-refractivity contribution < 1.29 is 16.8 Å². The van der Waals surface area contributed by atoms with Crippen LogP contribution in [0.15, 0.2) is 58.5 Å². The molecule has 2 heterocycles. The minimum absolute atomic E-state index is 0.0431. The van der Waals surface area contributed by atoms with E-state index in [0.717, 1.165) is 0 Å². The Morgan fingerprint density at radius 2 is 1.48 bits per heavy atom. The van der Waals surface area contributed by atoms with Crippen LogP contribution in [0.5, 0.6) is 0 Å². The Kier molecular flexibility index (Phi) is 5.73. The maximum absolute atomic E-state index is 12.5. The number of hydrogen-bond donors (Lipinski definition) is 2. The molecule has 2 aromatic heterocycles. The average Bonchev–Trinajstić information content (AvgIpc) is 2.60. The molecule has 9 nitrogen and oxygen atoms in total. The summed E-state index contributed by atoms with van der Waals surface area (Å²) in [5, 5.41) is -0.170. The highest BCUT2D eigenvalue weighted by molar-refractivity contribution is 7.93. The molecule has 152 valence electrons. The third-order valence-electron chi connectivity index (χ3n) is 3.64. The molecule has 0 aliphatic carbocycles. The monoisotopic (exact) mass is 453 g/mol. The first-order valence-electron chi connectivity index (χ1n) is 8.15. The van der Waals surface area contributed by atoms with Crippen LogP contribution in [0.1, 0.15) is 11.4 Å². The third-order valence-corrected chi connectivity index (χ3v) is 6.81. The quantitative estimate of drug-likeness (QED) is 0.548. The smallest absolute Gasteiger partial charge is 0.264 e. The second kappa shape index (κ2) is 7.93. The first-order chi connectivity index (χ1) is 13.6. The fourth-order valence-corrected chi connectivity index (χ4v) is 4.89. The van der Waals surface area contributed by atoms with Gasteiger partial charge in [0.15, 0.2) is 0 Å². The summed E-state index contributed by atoms with van der Waals surface area (Å²) in [7, 11) is -7.93. The number of benzene rings is 1. The molecule has 0 atom stereocenters. The second-order valence-electron chi connectivity index (χ2n) is 6.00. The van der Waals surface area contributed by atoms with E-state index in [9.17, 15) is 16.8 Å². The molecule has 0 aliphatic heterocycles. The van der Waals surface area contributed by atoms with Gasteiger partial charge in [0.1, 0.15) is 10.0 Å². The minimum atomic E-state index is -3.98. The van der Waals surface area contributed by atoms with Crippen LogP contribution < -0.4 is 9.44 Å². The predicted molar refractivity (Wildman–Crippen MR) is 109 cm³/mol. The highest BCUT2D eigenvalue weighted by atomic mass is 35.5. The molecular formula is C17H16ClN5O4S2. The van der Waals surface area contributed by atoms with Crippen LogP contribution in [0.25, 0.3) is 0 Å².